The topological polar surface area (TPSA) is 119 Å². The molecule has 0 radical (unpaired) electrons. The molecule has 0 aliphatic heterocycles. The summed E-state index contributed by atoms with van der Waals surface area (Å²) in [5.74, 6) is -1.11. The van der Waals surface area contributed by atoms with E-state index in [-0.39, 0.29) is 29.2 Å². The lowest BCUT2D eigenvalue weighted by Crippen LogP contribution is -2.26. The van der Waals surface area contributed by atoms with Crippen LogP contribution in [0.25, 0.3) is 0 Å². The number of carbonyl (C=O) groups is 1. The first-order valence-electron chi connectivity index (χ1n) is 6.25. The summed E-state index contributed by atoms with van der Waals surface area (Å²) < 4.78 is 10.3. The minimum absolute atomic E-state index is 0.0529. The number of carboxylic acids is 1. The Morgan fingerprint density at radius 1 is 1.43 bits per heavy atom. The highest BCUT2D eigenvalue weighted by Gasteiger charge is 2.25. The van der Waals surface area contributed by atoms with Crippen LogP contribution in [-0.4, -0.2) is 34.3 Å². The van der Waals surface area contributed by atoms with Gasteiger partial charge in [-0.3, -0.25) is 10.1 Å². The molecule has 0 bridgehead atoms. The number of aliphatic hydroxyl groups is 1. The second kappa shape index (κ2) is 6.89. The number of nitrogens with zero attached hydrogens (tertiary/aromatic N) is 1. The number of carboxylic acid groups (broad SMARTS) is 1. The molecule has 8 heteroatoms. The van der Waals surface area contributed by atoms with Gasteiger partial charge in [-0.05, 0) is 19.4 Å². The number of aliphatic hydroxyl groups excluding tert-OH is 1. The summed E-state index contributed by atoms with van der Waals surface area (Å²) in [4.78, 5) is 21.4. The summed E-state index contributed by atoms with van der Waals surface area (Å²) in [5, 5.41) is 29.6. The fraction of sp³-hybridized carbons (Fsp3) is 0.462. The number of hydrogen-bond donors (Lipinski definition) is 2. The van der Waals surface area contributed by atoms with Crippen LogP contribution in [0.15, 0.2) is 12.1 Å². The first-order valence-corrected chi connectivity index (χ1v) is 6.25. The van der Waals surface area contributed by atoms with Crippen molar-refractivity contribution < 1.29 is 29.4 Å². The molecule has 0 heterocycles. The van der Waals surface area contributed by atoms with Crippen molar-refractivity contribution >= 4 is 11.7 Å². The van der Waals surface area contributed by atoms with Gasteiger partial charge in [-0.2, -0.15) is 0 Å². The molecule has 0 aliphatic carbocycles. The average molecular weight is 299 g/mol. The van der Waals surface area contributed by atoms with E-state index in [2.05, 4.69) is 0 Å². The van der Waals surface area contributed by atoms with E-state index in [0.717, 1.165) is 6.07 Å². The Balaban J connectivity index is 3.34. The van der Waals surface area contributed by atoms with E-state index in [0.29, 0.717) is 0 Å². The van der Waals surface area contributed by atoms with Crippen molar-refractivity contribution in [2.45, 2.75) is 32.5 Å². The van der Waals surface area contributed by atoms with Gasteiger partial charge < -0.3 is 19.7 Å². The zero-order valence-electron chi connectivity index (χ0n) is 11.9. The summed E-state index contributed by atoms with van der Waals surface area (Å²) in [6, 6.07) is 2.33. The van der Waals surface area contributed by atoms with Crippen LogP contribution in [0, 0.1) is 10.1 Å². The lowest BCUT2D eigenvalue weighted by Gasteiger charge is -2.17. The zero-order valence-corrected chi connectivity index (χ0v) is 11.9. The molecule has 0 aliphatic rings. The van der Waals surface area contributed by atoms with E-state index < -0.39 is 23.1 Å². The maximum Gasteiger partial charge on any atom is 0.344 e. The number of hydrogen-bond acceptors (Lipinski definition) is 6. The van der Waals surface area contributed by atoms with Crippen LogP contribution < -0.4 is 9.47 Å². The number of nitro groups is 1. The maximum absolute atomic E-state index is 11.0. The Hall–Kier alpha value is -2.35. The van der Waals surface area contributed by atoms with Crippen LogP contribution >= 0.6 is 0 Å². The third-order valence-corrected chi connectivity index (χ3v) is 2.88. The summed E-state index contributed by atoms with van der Waals surface area (Å²) in [6.07, 6.45) is -2.03. The predicted molar refractivity (Wildman–Crippen MR) is 72.6 cm³/mol. The molecule has 0 amide bonds. The largest absolute Gasteiger partial charge is 0.493 e. The van der Waals surface area contributed by atoms with Gasteiger partial charge in [0.05, 0.1) is 29.8 Å². The van der Waals surface area contributed by atoms with Gasteiger partial charge in [0, 0.05) is 0 Å². The number of methoxy groups -OCH3 is 1. The quantitative estimate of drug-likeness (QED) is 0.582. The van der Waals surface area contributed by atoms with Gasteiger partial charge in [-0.25, -0.2) is 4.79 Å². The van der Waals surface area contributed by atoms with Crippen molar-refractivity contribution in [2.75, 3.05) is 7.11 Å². The lowest BCUT2D eigenvalue weighted by molar-refractivity contribution is -0.386. The Morgan fingerprint density at radius 3 is 2.43 bits per heavy atom. The third kappa shape index (κ3) is 3.82. The molecule has 2 atom stereocenters. The van der Waals surface area contributed by atoms with Crippen LogP contribution in [-0.2, 0) is 4.79 Å². The van der Waals surface area contributed by atoms with Crippen molar-refractivity contribution in [3.8, 4) is 11.5 Å². The van der Waals surface area contributed by atoms with E-state index in [1.807, 2.05) is 0 Å². The van der Waals surface area contributed by atoms with Crippen molar-refractivity contribution in [3.63, 3.8) is 0 Å². The Bertz CT molecular complexity index is 542. The first kappa shape index (κ1) is 16.7. The molecule has 1 aromatic rings. The minimum atomic E-state index is -1.18. The molecule has 8 nitrogen and oxygen atoms in total. The normalized spacial score (nSPS) is 13.3. The second-order valence-corrected chi connectivity index (χ2v) is 4.35. The molecule has 0 saturated carbocycles. The predicted octanol–water partition coefficient (Wildman–Crippen LogP) is 1.90. The monoisotopic (exact) mass is 299 g/mol. The number of rotatable bonds is 7. The number of nitro benzene ring substituents is 1. The Morgan fingerprint density at radius 2 is 2.05 bits per heavy atom. The summed E-state index contributed by atoms with van der Waals surface area (Å²) in [5.41, 5.74) is -0.298. The van der Waals surface area contributed by atoms with Crippen molar-refractivity contribution in [1.29, 1.82) is 0 Å². The van der Waals surface area contributed by atoms with Gasteiger partial charge in [-0.1, -0.05) is 6.92 Å². The van der Waals surface area contributed by atoms with Crippen LogP contribution in [0.1, 0.15) is 31.9 Å². The highest BCUT2D eigenvalue weighted by atomic mass is 16.6. The summed E-state index contributed by atoms with van der Waals surface area (Å²) >= 11 is 0. The molecular weight excluding hydrogens is 282 g/mol. The van der Waals surface area contributed by atoms with Crippen LogP contribution in [0.4, 0.5) is 5.69 Å². The fourth-order valence-corrected chi connectivity index (χ4v) is 1.77. The van der Waals surface area contributed by atoms with Gasteiger partial charge >= 0.3 is 5.97 Å². The number of ether oxygens (including phenoxy) is 2. The zero-order chi connectivity index (χ0) is 16.2. The highest BCUT2D eigenvalue weighted by molar-refractivity contribution is 5.73. The molecule has 2 N–H and O–H groups in total. The van der Waals surface area contributed by atoms with Gasteiger partial charge in [-0.15, -0.1) is 0 Å². The Kier molecular flexibility index (Phi) is 5.48. The van der Waals surface area contributed by atoms with Crippen LogP contribution in [0.2, 0.25) is 0 Å². The number of benzene rings is 1. The number of aliphatic carboxylic acids is 1. The summed E-state index contributed by atoms with van der Waals surface area (Å²) in [6.45, 7) is 3.00. The van der Waals surface area contributed by atoms with Crippen LogP contribution in [0.3, 0.4) is 0 Å². The van der Waals surface area contributed by atoms with E-state index in [4.69, 9.17) is 14.6 Å². The molecule has 0 spiro atoms. The fourth-order valence-electron chi connectivity index (χ4n) is 1.77. The second-order valence-electron chi connectivity index (χ2n) is 4.35. The third-order valence-electron chi connectivity index (χ3n) is 2.88. The smallest absolute Gasteiger partial charge is 0.344 e. The molecule has 2 unspecified atom stereocenters. The van der Waals surface area contributed by atoms with Gasteiger partial charge in [0.25, 0.3) is 5.69 Å². The van der Waals surface area contributed by atoms with E-state index in [9.17, 15) is 20.0 Å². The van der Waals surface area contributed by atoms with Crippen molar-refractivity contribution in [3.05, 3.63) is 27.8 Å². The molecule has 1 aromatic carbocycles. The maximum atomic E-state index is 11.0. The summed E-state index contributed by atoms with van der Waals surface area (Å²) in [7, 11) is 1.32. The highest BCUT2D eigenvalue weighted by Crippen LogP contribution is 2.38. The van der Waals surface area contributed by atoms with Gasteiger partial charge in [0.15, 0.2) is 17.6 Å². The van der Waals surface area contributed by atoms with Gasteiger partial charge in [0.2, 0.25) is 0 Å². The molecule has 0 aromatic heterocycles. The lowest BCUT2D eigenvalue weighted by atomic mass is 10.1. The van der Waals surface area contributed by atoms with Crippen molar-refractivity contribution in [1.82, 2.24) is 0 Å². The first-order chi connectivity index (χ1) is 9.81. The molecule has 1 rings (SSSR count). The van der Waals surface area contributed by atoms with E-state index >= 15 is 0 Å². The molecule has 116 valence electrons. The Labute approximate surface area is 121 Å². The molecule has 0 fully saturated rings. The average Bonchev–Trinajstić information content (AvgIpc) is 2.43. The molecule has 21 heavy (non-hydrogen) atoms. The molecule has 0 saturated heterocycles. The van der Waals surface area contributed by atoms with Gasteiger partial charge in [0.1, 0.15) is 0 Å². The SMILES string of the molecule is CCC(Oc1cc([N+](=O)[O-])c(C(C)O)cc1OC)C(=O)O. The minimum Gasteiger partial charge on any atom is -0.493 e. The standard InChI is InChI=1S/C13H17NO7/c1-4-10(13(16)17)21-12-6-9(14(18)19)8(7(2)15)5-11(12)20-3/h5-7,10,15H,4H2,1-3H3,(H,16,17). The van der Waals surface area contributed by atoms with E-state index in [1.165, 1.54) is 20.1 Å². The van der Waals surface area contributed by atoms with E-state index in [1.54, 1.807) is 6.92 Å². The van der Waals surface area contributed by atoms with Crippen molar-refractivity contribution in [2.24, 2.45) is 0 Å². The molecular formula is C13H17NO7. The van der Waals surface area contributed by atoms with Crippen LogP contribution in [0.5, 0.6) is 11.5 Å².